The maximum atomic E-state index is 14.1. The van der Waals surface area contributed by atoms with E-state index in [2.05, 4.69) is 48.4 Å². The number of piperazine rings is 1. The second-order valence-corrected chi connectivity index (χ2v) is 7.62. The molecule has 0 spiro atoms. The number of hydrogen-bond donors (Lipinski definition) is 3. The van der Waals surface area contributed by atoms with Crippen LogP contribution in [0.1, 0.15) is 16.8 Å². The van der Waals surface area contributed by atoms with E-state index < -0.39 is 0 Å². The highest BCUT2D eigenvalue weighted by atomic mass is 127. The Hall–Kier alpha value is -1.78. The lowest BCUT2D eigenvalue weighted by molar-refractivity contribution is 0.0952. The Balaban J connectivity index is 1.56. The van der Waals surface area contributed by atoms with Crippen molar-refractivity contribution in [2.75, 3.05) is 44.6 Å². The molecule has 0 unspecified atom stereocenters. The number of anilines is 2. The molecule has 8 heteroatoms. The van der Waals surface area contributed by atoms with Crippen LogP contribution in [-0.2, 0) is 0 Å². The first-order valence-corrected chi connectivity index (χ1v) is 10.1. The summed E-state index contributed by atoms with van der Waals surface area (Å²) >= 11 is 2.05. The third kappa shape index (κ3) is 5.85. The zero-order valence-corrected chi connectivity index (χ0v) is 17.1. The predicted octanol–water partition coefficient (Wildman–Crippen LogP) is 2.59. The average molecular weight is 483 g/mol. The molecule has 0 aliphatic carbocycles. The van der Waals surface area contributed by atoms with E-state index in [1.54, 1.807) is 24.4 Å². The summed E-state index contributed by atoms with van der Waals surface area (Å²) in [5.74, 6) is -0.556. The van der Waals surface area contributed by atoms with Crippen molar-refractivity contribution in [3.05, 3.63) is 51.6 Å². The van der Waals surface area contributed by atoms with Crippen molar-refractivity contribution in [2.45, 2.75) is 6.42 Å². The summed E-state index contributed by atoms with van der Waals surface area (Å²) in [5.41, 5.74) is 1.25. The molecule has 1 aliphatic heterocycles. The number of pyridine rings is 1. The van der Waals surface area contributed by atoms with Gasteiger partial charge in [0.15, 0.2) is 0 Å². The Bertz CT molecular complexity index is 782. The van der Waals surface area contributed by atoms with Crippen LogP contribution in [0, 0.1) is 9.39 Å². The average Bonchev–Trinajstić information content (AvgIpc) is 2.68. The predicted molar refractivity (Wildman–Crippen MR) is 113 cm³/mol. The van der Waals surface area contributed by atoms with Crippen LogP contribution in [0.4, 0.5) is 15.8 Å². The molecule has 27 heavy (non-hydrogen) atoms. The number of rotatable bonds is 7. The fraction of sp³-hybridized carbons (Fsp3) is 0.368. The minimum absolute atomic E-state index is 0.189. The fourth-order valence-corrected chi connectivity index (χ4v) is 3.42. The van der Waals surface area contributed by atoms with Gasteiger partial charge in [-0.25, -0.2) is 4.39 Å². The molecule has 1 saturated heterocycles. The number of halogens is 2. The van der Waals surface area contributed by atoms with E-state index in [1.807, 2.05) is 0 Å². The molecular weight excluding hydrogens is 460 g/mol. The molecule has 0 bridgehead atoms. The Kier molecular flexibility index (Phi) is 7.36. The summed E-state index contributed by atoms with van der Waals surface area (Å²) in [5, 5.41) is 9.25. The Labute approximate surface area is 172 Å². The zero-order chi connectivity index (χ0) is 19.1. The van der Waals surface area contributed by atoms with Crippen LogP contribution < -0.4 is 16.0 Å². The van der Waals surface area contributed by atoms with Crippen LogP contribution in [0.3, 0.4) is 0 Å². The van der Waals surface area contributed by atoms with Crippen LogP contribution in [0.25, 0.3) is 0 Å². The van der Waals surface area contributed by atoms with Crippen molar-refractivity contribution >= 4 is 39.9 Å². The van der Waals surface area contributed by atoms with Gasteiger partial charge in [-0.1, -0.05) is 0 Å². The van der Waals surface area contributed by atoms with Gasteiger partial charge < -0.3 is 20.9 Å². The lowest BCUT2D eigenvalue weighted by atomic mass is 10.2. The molecule has 0 saturated carbocycles. The molecule has 1 fully saturated rings. The van der Waals surface area contributed by atoms with E-state index in [9.17, 15) is 9.18 Å². The van der Waals surface area contributed by atoms with Gasteiger partial charge in [-0.2, -0.15) is 0 Å². The normalized spacial score (nSPS) is 14.7. The molecule has 1 aliphatic rings. The van der Waals surface area contributed by atoms with E-state index >= 15 is 0 Å². The van der Waals surface area contributed by atoms with Crippen LogP contribution in [-0.4, -0.2) is 55.1 Å². The van der Waals surface area contributed by atoms with E-state index in [0.717, 1.165) is 42.7 Å². The van der Waals surface area contributed by atoms with Gasteiger partial charge in [-0.3, -0.25) is 9.78 Å². The minimum Gasteiger partial charge on any atom is -0.352 e. The number of amides is 1. The number of nitrogens with zero attached hydrogens (tertiary/aromatic N) is 2. The summed E-state index contributed by atoms with van der Waals surface area (Å²) < 4.78 is 14.9. The van der Waals surface area contributed by atoms with E-state index in [-0.39, 0.29) is 11.7 Å². The molecule has 0 radical (unpaired) electrons. The maximum Gasteiger partial charge on any atom is 0.253 e. The molecule has 3 rings (SSSR count). The molecule has 0 atom stereocenters. The van der Waals surface area contributed by atoms with Gasteiger partial charge >= 0.3 is 0 Å². The second-order valence-electron chi connectivity index (χ2n) is 6.37. The number of nitrogens with one attached hydrogen (secondary N) is 3. The van der Waals surface area contributed by atoms with Crippen molar-refractivity contribution in [1.29, 1.82) is 0 Å². The molecule has 6 nitrogen and oxygen atoms in total. The Morgan fingerprint density at radius 1 is 1.26 bits per heavy atom. The van der Waals surface area contributed by atoms with Crippen LogP contribution in [0.5, 0.6) is 0 Å². The van der Waals surface area contributed by atoms with Crippen molar-refractivity contribution in [3.63, 3.8) is 0 Å². The van der Waals surface area contributed by atoms with Crippen molar-refractivity contribution in [1.82, 2.24) is 20.5 Å². The second kappa shape index (κ2) is 9.95. The Morgan fingerprint density at radius 3 is 2.85 bits per heavy atom. The highest BCUT2D eigenvalue weighted by molar-refractivity contribution is 14.1. The van der Waals surface area contributed by atoms with Crippen molar-refractivity contribution in [3.8, 4) is 0 Å². The smallest absolute Gasteiger partial charge is 0.253 e. The quantitative estimate of drug-likeness (QED) is 0.418. The third-order valence-electron chi connectivity index (χ3n) is 4.41. The molecule has 2 heterocycles. The summed E-state index contributed by atoms with van der Waals surface area (Å²) in [6.07, 6.45) is 3.99. The van der Waals surface area contributed by atoms with Crippen LogP contribution >= 0.6 is 22.6 Å². The van der Waals surface area contributed by atoms with E-state index in [4.69, 9.17) is 0 Å². The number of benzene rings is 1. The van der Waals surface area contributed by atoms with Gasteiger partial charge in [0, 0.05) is 42.5 Å². The highest BCUT2D eigenvalue weighted by Gasteiger charge is 2.14. The van der Waals surface area contributed by atoms with Gasteiger partial charge in [-0.15, -0.1) is 0 Å². The first kappa shape index (κ1) is 20.0. The molecule has 1 aromatic heterocycles. The molecule has 1 amide bonds. The fourth-order valence-electron chi connectivity index (χ4n) is 2.96. The molecule has 1 aromatic carbocycles. The lowest BCUT2D eigenvalue weighted by Crippen LogP contribution is -2.44. The molecule has 144 valence electrons. The van der Waals surface area contributed by atoms with Crippen molar-refractivity contribution < 1.29 is 9.18 Å². The van der Waals surface area contributed by atoms with Gasteiger partial charge in [0.2, 0.25) is 0 Å². The first-order chi connectivity index (χ1) is 13.1. The van der Waals surface area contributed by atoms with Gasteiger partial charge in [0.05, 0.1) is 23.1 Å². The van der Waals surface area contributed by atoms with Crippen LogP contribution in [0.15, 0.2) is 36.7 Å². The van der Waals surface area contributed by atoms with Gasteiger partial charge in [0.25, 0.3) is 5.91 Å². The molecular formula is C19H23FIN5O. The molecule has 3 N–H and O–H groups in total. The number of aromatic nitrogens is 1. The number of hydrogen-bond acceptors (Lipinski definition) is 5. The number of carbonyl (C=O) groups is 1. The molecule has 2 aromatic rings. The first-order valence-electron chi connectivity index (χ1n) is 9.01. The summed E-state index contributed by atoms with van der Waals surface area (Å²) in [7, 11) is 0. The topological polar surface area (TPSA) is 69.3 Å². The summed E-state index contributed by atoms with van der Waals surface area (Å²) in [6, 6.07) is 6.53. The third-order valence-corrected chi connectivity index (χ3v) is 5.08. The highest BCUT2D eigenvalue weighted by Crippen LogP contribution is 2.23. The maximum absolute atomic E-state index is 14.1. The largest absolute Gasteiger partial charge is 0.352 e. The van der Waals surface area contributed by atoms with Crippen molar-refractivity contribution in [2.24, 2.45) is 0 Å². The monoisotopic (exact) mass is 483 g/mol. The zero-order valence-electron chi connectivity index (χ0n) is 15.0. The van der Waals surface area contributed by atoms with E-state index in [1.165, 1.54) is 12.3 Å². The Morgan fingerprint density at radius 2 is 2.07 bits per heavy atom. The summed E-state index contributed by atoms with van der Waals surface area (Å²) in [6.45, 7) is 5.71. The number of carbonyl (C=O) groups excluding carboxylic acids is 1. The standard InChI is InChI=1S/C19H23FIN5O/c20-16-12-14(21)2-3-17(16)25-18-13-23-6-4-15(18)19(27)24-5-1-9-26-10-7-22-8-11-26/h2-4,6,12-13,22,25H,1,5,7-11H2,(H,24,27). The minimum atomic E-state index is -0.367. The van der Waals surface area contributed by atoms with Gasteiger partial charge in [0.1, 0.15) is 5.82 Å². The summed E-state index contributed by atoms with van der Waals surface area (Å²) in [4.78, 5) is 19.0. The lowest BCUT2D eigenvalue weighted by Gasteiger charge is -2.27. The SMILES string of the molecule is O=C(NCCCN1CCNCC1)c1ccncc1Nc1ccc(I)cc1F. The van der Waals surface area contributed by atoms with Crippen LogP contribution in [0.2, 0.25) is 0 Å². The van der Waals surface area contributed by atoms with Gasteiger partial charge in [-0.05, 0) is 59.8 Å². The van der Waals surface area contributed by atoms with E-state index in [0.29, 0.717) is 23.5 Å².